The Morgan fingerprint density at radius 1 is 1.20 bits per heavy atom. The molecule has 0 aliphatic carbocycles. The maximum Gasteiger partial charge on any atom is 0.243 e. The number of hydrogen-bond acceptors (Lipinski definition) is 3. The molecular formula is C14H23ClN2O2S. The number of aryl methyl sites for hydroxylation is 3. The Morgan fingerprint density at radius 2 is 1.75 bits per heavy atom. The van der Waals surface area contributed by atoms with Crippen LogP contribution >= 0.6 is 12.4 Å². The molecule has 0 amide bonds. The van der Waals surface area contributed by atoms with E-state index < -0.39 is 10.0 Å². The van der Waals surface area contributed by atoms with Crippen molar-refractivity contribution in [1.82, 2.24) is 9.62 Å². The first-order valence-electron chi connectivity index (χ1n) is 6.64. The Hall–Kier alpha value is -0.620. The molecule has 1 N–H and O–H groups in total. The van der Waals surface area contributed by atoms with Crippen molar-refractivity contribution < 1.29 is 8.42 Å². The summed E-state index contributed by atoms with van der Waals surface area (Å²) in [4.78, 5) is 0.479. The van der Waals surface area contributed by atoms with Crippen LogP contribution in [0.15, 0.2) is 17.0 Å². The molecule has 114 valence electrons. The van der Waals surface area contributed by atoms with Crippen molar-refractivity contribution in [3.05, 3.63) is 28.8 Å². The maximum atomic E-state index is 12.8. The highest BCUT2D eigenvalue weighted by atomic mass is 35.5. The summed E-state index contributed by atoms with van der Waals surface area (Å²) in [6.45, 7) is 9.65. The SMILES string of the molecule is Cc1cc(C)c(S(=O)(=O)N2CCNC[C@H]2C)c(C)c1.Cl. The molecule has 1 aliphatic heterocycles. The molecule has 0 unspecified atom stereocenters. The smallest absolute Gasteiger partial charge is 0.243 e. The van der Waals surface area contributed by atoms with Crippen LogP contribution in [0.3, 0.4) is 0 Å². The quantitative estimate of drug-likeness (QED) is 0.907. The van der Waals surface area contributed by atoms with Gasteiger partial charge in [-0.1, -0.05) is 17.7 Å². The lowest BCUT2D eigenvalue weighted by Gasteiger charge is -2.33. The summed E-state index contributed by atoms with van der Waals surface area (Å²) in [7, 11) is -3.40. The van der Waals surface area contributed by atoms with Crippen LogP contribution in [0.1, 0.15) is 23.6 Å². The van der Waals surface area contributed by atoms with Gasteiger partial charge in [0.1, 0.15) is 0 Å². The average Bonchev–Trinajstić information content (AvgIpc) is 2.27. The van der Waals surface area contributed by atoms with E-state index in [-0.39, 0.29) is 18.4 Å². The summed E-state index contributed by atoms with van der Waals surface area (Å²) in [5.41, 5.74) is 2.77. The Balaban J connectivity index is 0.00000200. The zero-order valence-electron chi connectivity index (χ0n) is 12.4. The standard InChI is InChI=1S/C14H22N2O2S.ClH/c1-10-7-11(2)14(12(3)8-10)19(17,18)16-6-5-15-9-13(16)4;/h7-8,13,15H,5-6,9H2,1-4H3;1H/t13-;/m1./s1. The number of nitrogens with one attached hydrogen (secondary N) is 1. The second kappa shape index (κ2) is 6.43. The third-order valence-corrected chi connectivity index (χ3v) is 5.93. The van der Waals surface area contributed by atoms with Crippen molar-refractivity contribution in [2.75, 3.05) is 19.6 Å². The Labute approximate surface area is 128 Å². The number of piperazine rings is 1. The van der Waals surface area contributed by atoms with Gasteiger partial charge in [0.15, 0.2) is 0 Å². The van der Waals surface area contributed by atoms with Gasteiger partial charge in [-0.15, -0.1) is 12.4 Å². The molecule has 2 rings (SSSR count). The first-order valence-corrected chi connectivity index (χ1v) is 8.08. The van der Waals surface area contributed by atoms with Gasteiger partial charge in [-0.25, -0.2) is 8.42 Å². The van der Waals surface area contributed by atoms with Crippen LogP contribution in [0.2, 0.25) is 0 Å². The fraction of sp³-hybridized carbons (Fsp3) is 0.571. The molecular weight excluding hydrogens is 296 g/mol. The van der Waals surface area contributed by atoms with Crippen LogP contribution in [0, 0.1) is 20.8 Å². The first-order chi connectivity index (χ1) is 8.84. The van der Waals surface area contributed by atoms with Gasteiger partial charge in [-0.05, 0) is 38.8 Å². The zero-order valence-corrected chi connectivity index (χ0v) is 14.1. The maximum absolute atomic E-state index is 12.8. The molecule has 1 aromatic rings. The number of sulfonamides is 1. The van der Waals surface area contributed by atoms with E-state index in [0.29, 0.717) is 24.5 Å². The van der Waals surface area contributed by atoms with Crippen molar-refractivity contribution in [2.24, 2.45) is 0 Å². The van der Waals surface area contributed by atoms with Crippen molar-refractivity contribution in [3.63, 3.8) is 0 Å². The molecule has 20 heavy (non-hydrogen) atoms. The van der Waals surface area contributed by atoms with E-state index in [9.17, 15) is 8.42 Å². The Kier molecular flexibility index (Phi) is 5.61. The molecule has 1 atom stereocenters. The molecule has 0 bridgehead atoms. The molecule has 0 saturated carbocycles. The highest BCUT2D eigenvalue weighted by molar-refractivity contribution is 7.89. The van der Waals surface area contributed by atoms with E-state index in [1.807, 2.05) is 39.8 Å². The van der Waals surface area contributed by atoms with Crippen LogP contribution in [0.25, 0.3) is 0 Å². The molecule has 0 spiro atoms. The fourth-order valence-electron chi connectivity index (χ4n) is 2.87. The summed E-state index contributed by atoms with van der Waals surface area (Å²) in [5, 5.41) is 3.22. The molecule has 1 heterocycles. The summed E-state index contributed by atoms with van der Waals surface area (Å²) in [6.07, 6.45) is 0. The molecule has 0 radical (unpaired) electrons. The van der Waals surface area contributed by atoms with Gasteiger partial charge in [0, 0.05) is 25.7 Å². The van der Waals surface area contributed by atoms with Crippen molar-refractivity contribution in [1.29, 1.82) is 0 Å². The van der Waals surface area contributed by atoms with Crippen LogP contribution in [-0.4, -0.2) is 38.4 Å². The monoisotopic (exact) mass is 318 g/mol. The topological polar surface area (TPSA) is 49.4 Å². The van der Waals surface area contributed by atoms with E-state index in [1.54, 1.807) is 4.31 Å². The first kappa shape index (κ1) is 17.4. The number of halogens is 1. The molecule has 1 aliphatic rings. The van der Waals surface area contributed by atoms with Crippen molar-refractivity contribution in [3.8, 4) is 0 Å². The molecule has 6 heteroatoms. The van der Waals surface area contributed by atoms with E-state index >= 15 is 0 Å². The second-order valence-corrected chi connectivity index (χ2v) is 7.22. The molecule has 1 aromatic carbocycles. The number of hydrogen-bond donors (Lipinski definition) is 1. The van der Waals surface area contributed by atoms with Crippen molar-refractivity contribution in [2.45, 2.75) is 38.6 Å². The van der Waals surface area contributed by atoms with Crippen LogP contribution in [0.4, 0.5) is 0 Å². The predicted octanol–water partition coefficient (Wildman–Crippen LogP) is 2.02. The second-order valence-electron chi connectivity index (χ2n) is 5.40. The highest BCUT2D eigenvalue weighted by Gasteiger charge is 2.32. The minimum absolute atomic E-state index is 0. The average molecular weight is 319 g/mol. The fourth-order valence-corrected chi connectivity index (χ4v) is 4.92. The Bertz CT molecular complexity index is 564. The van der Waals surface area contributed by atoms with E-state index in [4.69, 9.17) is 0 Å². The minimum Gasteiger partial charge on any atom is -0.314 e. The van der Waals surface area contributed by atoms with E-state index in [1.165, 1.54) is 0 Å². The molecule has 1 saturated heterocycles. The van der Waals surface area contributed by atoms with Gasteiger partial charge in [0.2, 0.25) is 10.0 Å². The lowest BCUT2D eigenvalue weighted by atomic mass is 10.1. The summed E-state index contributed by atoms with van der Waals surface area (Å²) in [6, 6.07) is 3.87. The van der Waals surface area contributed by atoms with Gasteiger partial charge in [0.05, 0.1) is 4.90 Å². The molecule has 0 aromatic heterocycles. The summed E-state index contributed by atoms with van der Waals surface area (Å²) >= 11 is 0. The van der Waals surface area contributed by atoms with Gasteiger partial charge in [0.25, 0.3) is 0 Å². The predicted molar refractivity (Wildman–Crippen MR) is 84.1 cm³/mol. The normalized spacial score (nSPS) is 20.5. The van der Waals surface area contributed by atoms with Crippen molar-refractivity contribution >= 4 is 22.4 Å². The lowest BCUT2D eigenvalue weighted by molar-refractivity contribution is 0.283. The Morgan fingerprint density at radius 3 is 2.25 bits per heavy atom. The number of rotatable bonds is 2. The molecule has 4 nitrogen and oxygen atoms in total. The number of benzene rings is 1. The largest absolute Gasteiger partial charge is 0.314 e. The van der Waals surface area contributed by atoms with Crippen LogP contribution in [-0.2, 0) is 10.0 Å². The van der Waals surface area contributed by atoms with Gasteiger partial charge >= 0.3 is 0 Å². The zero-order chi connectivity index (χ0) is 14.2. The lowest BCUT2D eigenvalue weighted by Crippen LogP contribution is -2.52. The van der Waals surface area contributed by atoms with Gasteiger partial charge in [-0.3, -0.25) is 0 Å². The van der Waals surface area contributed by atoms with Gasteiger partial charge in [-0.2, -0.15) is 4.31 Å². The van der Waals surface area contributed by atoms with E-state index in [0.717, 1.165) is 16.7 Å². The molecule has 1 fully saturated rings. The summed E-state index contributed by atoms with van der Waals surface area (Å²) < 4.78 is 27.3. The number of nitrogens with zero attached hydrogens (tertiary/aromatic N) is 1. The third kappa shape index (κ3) is 3.17. The van der Waals surface area contributed by atoms with Gasteiger partial charge < -0.3 is 5.32 Å². The minimum atomic E-state index is -3.40. The van der Waals surface area contributed by atoms with E-state index in [2.05, 4.69) is 5.32 Å². The van der Waals surface area contributed by atoms with Crippen LogP contribution < -0.4 is 5.32 Å². The highest BCUT2D eigenvalue weighted by Crippen LogP contribution is 2.26. The van der Waals surface area contributed by atoms with Crippen LogP contribution in [0.5, 0.6) is 0 Å². The summed E-state index contributed by atoms with van der Waals surface area (Å²) in [5.74, 6) is 0. The third-order valence-electron chi connectivity index (χ3n) is 3.61.